The molecule has 1 fully saturated rings. The molecule has 2 aliphatic rings. The molecule has 0 aliphatic carbocycles. The third-order valence-electron chi connectivity index (χ3n) is 3.53. The van der Waals surface area contributed by atoms with Crippen LogP contribution in [-0.4, -0.2) is 41.1 Å². The number of hydrogen-bond donors (Lipinski definition) is 1. The lowest BCUT2D eigenvalue weighted by atomic mass is 10.2. The summed E-state index contributed by atoms with van der Waals surface area (Å²) in [6.45, 7) is 2.16. The van der Waals surface area contributed by atoms with Crippen LogP contribution >= 0.6 is 23.5 Å². The van der Waals surface area contributed by atoms with Crippen LogP contribution < -0.4 is 5.43 Å². The van der Waals surface area contributed by atoms with Crippen LogP contribution in [0.5, 0.6) is 0 Å². The fraction of sp³-hybridized carbons (Fsp3) is 0.375. The van der Waals surface area contributed by atoms with E-state index in [4.69, 9.17) is 4.74 Å². The summed E-state index contributed by atoms with van der Waals surface area (Å²) in [6.07, 6.45) is 4.67. The van der Waals surface area contributed by atoms with Gasteiger partial charge in [0.25, 0.3) is 0 Å². The van der Waals surface area contributed by atoms with Crippen LogP contribution in [0.1, 0.15) is 13.3 Å². The van der Waals surface area contributed by atoms with E-state index in [0.29, 0.717) is 17.7 Å². The number of nitrogens with one attached hydrogen (secondary N) is 1. The van der Waals surface area contributed by atoms with Crippen molar-refractivity contribution in [1.82, 2.24) is 10.4 Å². The van der Waals surface area contributed by atoms with Crippen LogP contribution in [0.3, 0.4) is 0 Å². The molecule has 122 valence electrons. The van der Waals surface area contributed by atoms with E-state index in [1.54, 1.807) is 30.4 Å². The fourth-order valence-electron chi connectivity index (χ4n) is 2.45. The molecular weight excluding hydrogens is 330 g/mol. The highest BCUT2D eigenvalue weighted by molar-refractivity contribution is 8.03. The van der Waals surface area contributed by atoms with E-state index < -0.39 is 0 Å². The summed E-state index contributed by atoms with van der Waals surface area (Å²) in [5, 5.41) is 3.32. The lowest BCUT2D eigenvalue weighted by Gasteiger charge is -2.29. The van der Waals surface area contributed by atoms with Crippen molar-refractivity contribution in [3.63, 3.8) is 0 Å². The van der Waals surface area contributed by atoms with Crippen molar-refractivity contribution in [3.8, 4) is 0 Å². The molecule has 0 bridgehead atoms. The van der Waals surface area contributed by atoms with Crippen LogP contribution in [0.25, 0.3) is 0 Å². The van der Waals surface area contributed by atoms with Gasteiger partial charge in [-0.1, -0.05) is 30.0 Å². The molecule has 1 aromatic carbocycles. The number of benzene rings is 1. The fourth-order valence-corrected chi connectivity index (χ4v) is 4.01. The Bertz CT molecular complexity index is 633. The highest BCUT2D eigenvalue weighted by Crippen LogP contribution is 2.36. The van der Waals surface area contributed by atoms with Gasteiger partial charge in [-0.05, 0) is 25.3 Å². The lowest BCUT2D eigenvalue weighted by Crippen LogP contribution is -2.40. The minimum Gasteiger partial charge on any atom is -0.461 e. The summed E-state index contributed by atoms with van der Waals surface area (Å²) in [4.78, 5) is 17.8. The largest absolute Gasteiger partial charge is 0.461 e. The van der Waals surface area contributed by atoms with Gasteiger partial charge < -0.3 is 4.74 Å². The molecule has 23 heavy (non-hydrogen) atoms. The highest BCUT2D eigenvalue weighted by atomic mass is 32.2. The van der Waals surface area contributed by atoms with E-state index in [0.717, 1.165) is 16.3 Å². The molecule has 2 atom stereocenters. The average Bonchev–Trinajstić information content (AvgIpc) is 2.99. The Kier molecular flexibility index (Phi) is 5.30. The Morgan fingerprint density at radius 1 is 1.43 bits per heavy atom. The monoisotopic (exact) mass is 349 g/mol. The van der Waals surface area contributed by atoms with Gasteiger partial charge in [0.15, 0.2) is 0 Å². The van der Waals surface area contributed by atoms with Crippen molar-refractivity contribution in [2.45, 2.75) is 29.8 Å². The van der Waals surface area contributed by atoms with Crippen molar-refractivity contribution < 1.29 is 9.53 Å². The van der Waals surface area contributed by atoms with Gasteiger partial charge in [-0.25, -0.2) is 10.2 Å². The molecule has 0 radical (unpaired) electrons. The zero-order chi connectivity index (χ0) is 16.2. The smallest absolute Gasteiger partial charge is 0.356 e. The van der Waals surface area contributed by atoms with E-state index in [2.05, 4.69) is 33.8 Å². The summed E-state index contributed by atoms with van der Waals surface area (Å²) in [5.41, 5.74) is 3.85. The van der Waals surface area contributed by atoms with E-state index >= 15 is 0 Å². The number of ether oxygens (including phenoxy) is 1. The van der Waals surface area contributed by atoms with E-state index in [-0.39, 0.29) is 12.1 Å². The third-order valence-corrected chi connectivity index (χ3v) is 5.42. The topological polar surface area (TPSA) is 53.9 Å². The van der Waals surface area contributed by atoms with Crippen molar-refractivity contribution in [2.75, 3.05) is 12.9 Å². The number of rotatable bonds is 5. The van der Waals surface area contributed by atoms with Crippen molar-refractivity contribution >= 4 is 35.2 Å². The standard InChI is InChI=1S/C16H19N3O2S2/c1-3-21-16(20)12-9-15(23-11-7-5-4-6-8-11)19-13(17-12)10-14(18-19)22-2/h4-9,13-14,18H,3,10H2,1-2H3. The van der Waals surface area contributed by atoms with Crippen molar-refractivity contribution in [3.05, 3.63) is 41.4 Å². The van der Waals surface area contributed by atoms with E-state index in [1.807, 2.05) is 24.3 Å². The maximum atomic E-state index is 12.1. The van der Waals surface area contributed by atoms with Gasteiger partial charge in [0, 0.05) is 17.4 Å². The Hall–Kier alpha value is -1.44. The number of carbonyl (C=O) groups is 1. The van der Waals surface area contributed by atoms with Crippen LogP contribution in [0.4, 0.5) is 0 Å². The number of aliphatic imine (C=N–C) groups is 1. The molecule has 7 heteroatoms. The number of thioether (sulfide) groups is 2. The zero-order valence-electron chi connectivity index (χ0n) is 13.1. The predicted octanol–water partition coefficient (Wildman–Crippen LogP) is 2.86. The Morgan fingerprint density at radius 3 is 2.91 bits per heavy atom. The van der Waals surface area contributed by atoms with Crippen LogP contribution in [-0.2, 0) is 9.53 Å². The number of nitrogens with zero attached hydrogens (tertiary/aromatic N) is 2. The molecule has 1 N–H and O–H groups in total. The van der Waals surface area contributed by atoms with Crippen molar-refractivity contribution in [1.29, 1.82) is 0 Å². The lowest BCUT2D eigenvalue weighted by molar-refractivity contribution is -0.135. The minimum atomic E-state index is -0.356. The van der Waals surface area contributed by atoms with Gasteiger partial charge in [-0.15, -0.1) is 11.8 Å². The number of esters is 1. The molecule has 1 aromatic rings. The zero-order valence-corrected chi connectivity index (χ0v) is 14.7. The van der Waals surface area contributed by atoms with Gasteiger partial charge in [0.05, 0.1) is 17.0 Å². The van der Waals surface area contributed by atoms with Gasteiger partial charge in [0.1, 0.15) is 11.9 Å². The number of fused-ring (bicyclic) bond motifs is 1. The normalized spacial score (nSPS) is 23.1. The quantitative estimate of drug-likeness (QED) is 0.825. The molecule has 1 saturated heterocycles. The first-order valence-electron chi connectivity index (χ1n) is 7.49. The minimum absolute atomic E-state index is 0.0666. The summed E-state index contributed by atoms with van der Waals surface area (Å²) >= 11 is 3.37. The summed E-state index contributed by atoms with van der Waals surface area (Å²) in [5.74, 6) is -0.356. The number of hydrazine groups is 1. The number of carbonyl (C=O) groups excluding carboxylic acids is 1. The van der Waals surface area contributed by atoms with Gasteiger partial charge in [-0.2, -0.15) is 0 Å². The first-order chi connectivity index (χ1) is 11.2. The molecule has 2 heterocycles. The van der Waals surface area contributed by atoms with Crippen LogP contribution in [0.2, 0.25) is 0 Å². The second kappa shape index (κ2) is 7.42. The third kappa shape index (κ3) is 3.73. The Balaban J connectivity index is 1.87. The summed E-state index contributed by atoms with van der Waals surface area (Å²) in [7, 11) is 0. The van der Waals surface area contributed by atoms with Gasteiger partial charge >= 0.3 is 5.97 Å². The summed E-state index contributed by atoms with van der Waals surface area (Å²) in [6, 6.07) is 10.1. The van der Waals surface area contributed by atoms with Crippen LogP contribution in [0.15, 0.2) is 51.3 Å². The first kappa shape index (κ1) is 16.4. The maximum absolute atomic E-state index is 12.1. The number of hydrogen-bond acceptors (Lipinski definition) is 7. The molecular formula is C16H19N3O2S2. The molecule has 0 spiro atoms. The van der Waals surface area contributed by atoms with E-state index in [1.165, 1.54) is 0 Å². The SMILES string of the molecule is CCOC(=O)C1=NC2CC(SC)NN2C(Sc2ccccc2)=C1. The molecule has 0 amide bonds. The molecule has 2 aliphatic heterocycles. The molecule has 2 unspecified atom stereocenters. The second-order valence-electron chi connectivity index (χ2n) is 5.07. The van der Waals surface area contributed by atoms with E-state index in [9.17, 15) is 4.79 Å². The van der Waals surface area contributed by atoms with Gasteiger partial charge in [-0.3, -0.25) is 10.0 Å². The Morgan fingerprint density at radius 2 is 2.22 bits per heavy atom. The molecule has 3 rings (SSSR count). The Labute approximate surface area is 144 Å². The molecule has 0 saturated carbocycles. The van der Waals surface area contributed by atoms with Crippen LogP contribution in [0, 0.1) is 0 Å². The molecule has 0 aromatic heterocycles. The average molecular weight is 349 g/mol. The van der Waals surface area contributed by atoms with Crippen molar-refractivity contribution in [2.24, 2.45) is 4.99 Å². The highest BCUT2D eigenvalue weighted by Gasteiger charge is 2.36. The van der Waals surface area contributed by atoms with Gasteiger partial charge in [0.2, 0.25) is 0 Å². The first-order valence-corrected chi connectivity index (χ1v) is 9.59. The maximum Gasteiger partial charge on any atom is 0.356 e. The summed E-state index contributed by atoms with van der Waals surface area (Å²) < 4.78 is 5.11. The predicted molar refractivity (Wildman–Crippen MR) is 95.1 cm³/mol. The second-order valence-corrected chi connectivity index (χ2v) is 7.21. The molecule has 5 nitrogen and oxygen atoms in total.